The summed E-state index contributed by atoms with van der Waals surface area (Å²) in [6, 6.07) is 18.8. The monoisotopic (exact) mass is 412 g/mol. The number of para-hydroxylation sites is 1. The summed E-state index contributed by atoms with van der Waals surface area (Å²) in [6.45, 7) is 4.90. The van der Waals surface area contributed by atoms with Crippen LogP contribution in [0.15, 0.2) is 54.6 Å². The van der Waals surface area contributed by atoms with Crippen molar-refractivity contribution >= 4 is 27.9 Å². The maximum atomic E-state index is 12.0. The molecule has 2 heterocycles. The first-order chi connectivity index (χ1) is 15.0. The van der Waals surface area contributed by atoms with Gasteiger partial charge in [-0.3, -0.25) is 4.79 Å². The van der Waals surface area contributed by atoms with Gasteiger partial charge in [-0.1, -0.05) is 55.3 Å². The van der Waals surface area contributed by atoms with Gasteiger partial charge in [0.25, 0.3) is 0 Å². The number of carboxylic acids is 1. The zero-order valence-corrected chi connectivity index (χ0v) is 18.1. The molecule has 0 amide bonds. The molecular formula is C27H28N2O2. The van der Waals surface area contributed by atoms with Gasteiger partial charge in [-0.25, -0.2) is 4.98 Å². The van der Waals surface area contributed by atoms with Crippen LogP contribution in [-0.4, -0.2) is 20.6 Å². The van der Waals surface area contributed by atoms with E-state index in [4.69, 9.17) is 4.98 Å². The minimum atomic E-state index is -0.697. The van der Waals surface area contributed by atoms with Gasteiger partial charge >= 0.3 is 5.97 Å². The number of hydrogen-bond donors (Lipinski definition) is 1. The SMILES string of the molecule is Cc1cc(C)c2c3ccccc3n(Cc3ccc([C@@H](C(=O)O)C4CCCC4)cc3)c2n1. The van der Waals surface area contributed by atoms with Crippen LogP contribution in [0.4, 0.5) is 0 Å². The molecule has 5 rings (SSSR count). The lowest BCUT2D eigenvalue weighted by molar-refractivity contribution is -0.140. The molecule has 158 valence electrons. The average Bonchev–Trinajstić information content (AvgIpc) is 3.36. The number of nitrogens with zero attached hydrogens (tertiary/aromatic N) is 2. The second-order valence-electron chi connectivity index (χ2n) is 8.98. The third-order valence-electron chi connectivity index (χ3n) is 6.86. The number of aliphatic carboxylic acids is 1. The Labute approximate surface area is 182 Å². The fourth-order valence-electron chi connectivity index (χ4n) is 5.46. The maximum absolute atomic E-state index is 12.0. The van der Waals surface area contributed by atoms with E-state index in [0.29, 0.717) is 6.54 Å². The van der Waals surface area contributed by atoms with Gasteiger partial charge in [-0.05, 0) is 61.4 Å². The number of benzene rings is 2. The number of carboxylic acid groups (broad SMARTS) is 1. The summed E-state index contributed by atoms with van der Waals surface area (Å²) in [6.07, 6.45) is 4.33. The van der Waals surface area contributed by atoms with E-state index in [-0.39, 0.29) is 5.92 Å². The largest absolute Gasteiger partial charge is 0.481 e. The lowest BCUT2D eigenvalue weighted by atomic mass is 9.84. The molecule has 31 heavy (non-hydrogen) atoms. The Kier molecular flexibility index (Phi) is 5.01. The van der Waals surface area contributed by atoms with Crippen molar-refractivity contribution in [3.05, 3.63) is 77.0 Å². The van der Waals surface area contributed by atoms with Gasteiger partial charge in [0.15, 0.2) is 0 Å². The number of carbonyl (C=O) groups is 1. The summed E-state index contributed by atoms with van der Waals surface area (Å²) in [5.41, 5.74) is 6.53. The fraction of sp³-hybridized carbons (Fsp3) is 0.333. The van der Waals surface area contributed by atoms with Gasteiger partial charge in [0.2, 0.25) is 0 Å². The van der Waals surface area contributed by atoms with E-state index < -0.39 is 11.9 Å². The Bertz CT molecular complexity index is 1260. The van der Waals surface area contributed by atoms with E-state index >= 15 is 0 Å². The van der Waals surface area contributed by atoms with Gasteiger partial charge in [0.1, 0.15) is 5.65 Å². The molecule has 1 fully saturated rings. The molecular weight excluding hydrogens is 384 g/mol. The van der Waals surface area contributed by atoms with Crippen molar-refractivity contribution in [2.24, 2.45) is 5.92 Å². The highest BCUT2D eigenvalue weighted by Crippen LogP contribution is 2.38. The van der Waals surface area contributed by atoms with Crippen LogP contribution in [0.1, 0.15) is 54.0 Å². The quantitative estimate of drug-likeness (QED) is 0.424. The van der Waals surface area contributed by atoms with Crippen LogP contribution in [0, 0.1) is 19.8 Å². The van der Waals surface area contributed by atoms with Crippen LogP contribution in [-0.2, 0) is 11.3 Å². The van der Waals surface area contributed by atoms with Gasteiger partial charge in [0.05, 0.1) is 11.4 Å². The molecule has 1 N–H and O–H groups in total. The summed E-state index contributed by atoms with van der Waals surface area (Å²) >= 11 is 0. The van der Waals surface area contributed by atoms with Crippen molar-refractivity contribution in [1.29, 1.82) is 0 Å². The van der Waals surface area contributed by atoms with Gasteiger partial charge in [-0.15, -0.1) is 0 Å². The Morgan fingerprint density at radius 3 is 2.52 bits per heavy atom. The van der Waals surface area contributed by atoms with E-state index in [2.05, 4.69) is 54.0 Å². The first-order valence-electron chi connectivity index (χ1n) is 11.2. The van der Waals surface area contributed by atoms with Crippen LogP contribution >= 0.6 is 0 Å². The first-order valence-corrected chi connectivity index (χ1v) is 11.2. The molecule has 0 unspecified atom stereocenters. The highest BCUT2D eigenvalue weighted by molar-refractivity contribution is 6.08. The van der Waals surface area contributed by atoms with Crippen LogP contribution in [0.25, 0.3) is 21.9 Å². The maximum Gasteiger partial charge on any atom is 0.311 e. The van der Waals surface area contributed by atoms with Crippen molar-refractivity contribution < 1.29 is 9.90 Å². The van der Waals surface area contributed by atoms with Crippen LogP contribution in [0.3, 0.4) is 0 Å². The zero-order valence-electron chi connectivity index (χ0n) is 18.1. The Morgan fingerprint density at radius 1 is 1.10 bits per heavy atom. The van der Waals surface area contributed by atoms with Crippen molar-refractivity contribution in [2.75, 3.05) is 0 Å². The molecule has 0 radical (unpaired) electrons. The van der Waals surface area contributed by atoms with Crippen molar-refractivity contribution in [1.82, 2.24) is 9.55 Å². The molecule has 4 heteroatoms. The molecule has 4 nitrogen and oxygen atoms in total. The van der Waals surface area contributed by atoms with E-state index in [1.54, 1.807) is 0 Å². The summed E-state index contributed by atoms with van der Waals surface area (Å²) in [4.78, 5) is 16.8. The van der Waals surface area contributed by atoms with E-state index in [9.17, 15) is 9.90 Å². The standard InChI is InChI=1S/C27H28N2O2/c1-17-15-18(2)28-26-24(17)22-9-5-6-10-23(22)29(26)16-19-11-13-21(14-12-19)25(27(30)31)20-7-3-4-8-20/h5-6,9-15,20,25H,3-4,7-8,16H2,1-2H3,(H,30,31)/t25-/m0/s1. The van der Waals surface area contributed by atoms with Crippen molar-refractivity contribution in [3.63, 3.8) is 0 Å². The predicted molar refractivity (Wildman–Crippen MR) is 125 cm³/mol. The van der Waals surface area contributed by atoms with Gasteiger partial charge in [-0.2, -0.15) is 0 Å². The second-order valence-corrected chi connectivity index (χ2v) is 8.98. The molecule has 2 aromatic heterocycles. The predicted octanol–water partition coefficient (Wildman–Crippen LogP) is 6.21. The molecule has 0 saturated heterocycles. The molecule has 1 aliphatic rings. The average molecular weight is 413 g/mol. The first kappa shape index (κ1) is 19.8. The number of rotatable bonds is 5. The minimum absolute atomic E-state index is 0.260. The smallest absolute Gasteiger partial charge is 0.311 e. The number of aromatic nitrogens is 2. The Hall–Kier alpha value is -3.14. The normalized spacial score (nSPS) is 15.7. The molecule has 1 aliphatic carbocycles. The Morgan fingerprint density at radius 2 is 1.81 bits per heavy atom. The number of hydrogen-bond acceptors (Lipinski definition) is 2. The topological polar surface area (TPSA) is 55.1 Å². The molecule has 4 aromatic rings. The van der Waals surface area contributed by atoms with E-state index in [0.717, 1.165) is 48.2 Å². The highest BCUT2D eigenvalue weighted by Gasteiger charge is 2.31. The number of fused-ring (bicyclic) bond motifs is 3. The number of aryl methyl sites for hydroxylation is 2. The van der Waals surface area contributed by atoms with Crippen molar-refractivity contribution in [3.8, 4) is 0 Å². The molecule has 1 saturated carbocycles. The molecule has 0 aliphatic heterocycles. The van der Waals surface area contributed by atoms with Gasteiger partial charge in [0, 0.05) is 23.0 Å². The summed E-state index contributed by atoms with van der Waals surface area (Å²) in [5.74, 6) is -0.829. The Balaban J connectivity index is 1.53. The van der Waals surface area contributed by atoms with E-state index in [1.165, 1.54) is 21.9 Å². The lowest BCUT2D eigenvalue weighted by Crippen LogP contribution is -2.19. The highest BCUT2D eigenvalue weighted by atomic mass is 16.4. The summed E-state index contributed by atoms with van der Waals surface area (Å²) < 4.78 is 2.28. The lowest BCUT2D eigenvalue weighted by Gasteiger charge is -2.20. The fourth-order valence-corrected chi connectivity index (χ4v) is 5.46. The van der Waals surface area contributed by atoms with E-state index in [1.807, 2.05) is 19.1 Å². The van der Waals surface area contributed by atoms with Crippen LogP contribution in [0.2, 0.25) is 0 Å². The van der Waals surface area contributed by atoms with Crippen LogP contribution in [0.5, 0.6) is 0 Å². The minimum Gasteiger partial charge on any atom is -0.481 e. The molecule has 0 spiro atoms. The zero-order chi connectivity index (χ0) is 21.5. The van der Waals surface area contributed by atoms with Crippen LogP contribution < -0.4 is 0 Å². The molecule has 0 bridgehead atoms. The second kappa shape index (κ2) is 7.84. The van der Waals surface area contributed by atoms with Crippen molar-refractivity contribution in [2.45, 2.75) is 52.0 Å². The third kappa shape index (κ3) is 3.50. The third-order valence-corrected chi connectivity index (χ3v) is 6.86. The summed E-state index contributed by atoms with van der Waals surface area (Å²) in [5, 5.41) is 12.3. The summed E-state index contributed by atoms with van der Waals surface area (Å²) in [7, 11) is 0. The number of pyridine rings is 1. The van der Waals surface area contributed by atoms with Gasteiger partial charge < -0.3 is 9.67 Å². The molecule has 2 aromatic carbocycles. The molecule has 1 atom stereocenters.